The fourth-order valence-electron chi connectivity index (χ4n) is 2.29. The van der Waals surface area contributed by atoms with Gasteiger partial charge in [-0.3, -0.25) is 15.0 Å². The number of nitrogen functional groups attached to an aromatic ring is 1. The molecule has 0 fully saturated rings. The number of rotatable bonds is 8. The molecule has 2 aromatic carbocycles. The number of alkyl halides is 2. The second-order valence-electron chi connectivity index (χ2n) is 5.57. The SMILES string of the molecule is N=C(Nc1cccc(C(F)F)c1)c1nonc1OCCNc1c(N)c(=O)c1=O. The van der Waals surface area contributed by atoms with Crippen molar-refractivity contribution in [2.75, 3.05) is 29.5 Å². The third-order valence-corrected chi connectivity index (χ3v) is 3.69. The van der Waals surface area contributed by atoms with E-state index in [-0.39, 0.29) is 53.2 Å². The maximum Gasteiger partial charge on any atom is 0.287 e. The zero-order valence-corrected chi connectivity index (χ0v) is 14.2. The van der Waals surface area contributed by atoms with Crippen molar-refractivity contribution in [3.05, 3.63) is 56.0 Å². The molecule has 0 atom stereocenters. The first-order chi connectivity index (χ1) is 13.4. The molecule has 0 aliphatic rings. The Labute approximate surface area is 155 Å². The Balaban J connectivity index is 1.57. The van der Waals surface area contributed by atoms with Crippen LogP contribution < -0.4 is 32.0 Å². The molecule has 0 radical (unpaired) electrons. The largest absolute Gasteiger partial charge is 0.472 e. The van der Waals surface area contributed by atoms with Gasteiger partial charge in [-0.25, -0.2) is 13.4 Å². The normalized spacial score (nSPS) is 11.0. The maximum atomic E-state index is 12.8. The topological polar surface area (TPSA) is 156 Å². The van der Waals surface area contributed by atoms with Crippen molar-refractivity contribution in [2.45, 2.75) is 6.43 Å². The number of amidine groups is 1. The first-order valence-corrected chi connectivity index (χ1v) is 7.90. The van der Waals surface area contributed by atoms with Crippen LogP contribution in [0.15, 0.2) is 38.5 Å². The lowest BCUT2D eigenvalue weighted by atomic mass is 10.2. The minimum absolute atomic E-state index is 0.00634. The fourth-order valence-corrected chi connectivity index (χ4v) is 2.29. The van der Waals surface area contributed by atoms with Gasteiger partial charge in [0, 0.05) is 17.8 Å². The highest BCUT2D eigenvalue weighted by Crippen LogP contribution is 2.22. The average Bonchev–Trinajstić information content (AvgIpc) is 3.16. The Morgan fingerprint density at radius 1 is 1.29 bits per heavy atom. The van der Waals surface area contributed by atoms with Gasteiger partial charge in [0.2, 0.25) is 5.69 Å². The molecule has 0 saturated carbocycles. The number of hydrogen-bond donors (Lipinski definition) is 4. The van der Waals surface area contributed by atoms with Crippen molar-refractivity contribution < 1.29 is 18.1 Å². The van der Waals surface area contributed by atoms with E-state index in [0.29, 0.717) is 0 Å². The average molecular weight is 392 g/mol. The summed E-state index contributed by atoms with van der Waals surface area (Å²) in [7, 11) is 0. The van der Waals surface area contributed by atoms with Crippen LogP contribution in [0.3, 0.4) is 0 Å². The Kier molecular flexibility index (Phi) is 5.29. The Morgan fingerprint density at radius 3 is 2.79 bits per heavy atom. The highest BCUT2D eigenvalue weighted by molar-refractivity contribution is 6.06. The summed E-state index contributed by atoms with van der Waals surface area (Å²) in [6, 6.07) is 5.40. The van der Waals surface area contributed by atoms with Gasteiger partial charge in [-0.1, -0.05) is 12.1 Å². The monoisotopic (exact) mass is 392 g/mol. The van der Waals surface area contributed by atoms with E-state index in [1.807, 2.05) is 0 Å². The molecule has 0 saturated heterocycles. The first-order valence-electron chi connectivity index (χ1n) is 7.90. The molecule has 12 heteroatoms. The lowest BCUT2D eigenvalue weighted by Gasteiger charge is -2.10. The van der Waals surface area contributed by atoms with E-state index >= 15 is 0 Å². The summed E-state index contributed by atoms with van der Waals surface area (Å²) in [5.74, 6) is -0.385. The van der Waals surface area contributed by atoms with Crippen LogP contribution >= 0.6 is 0 Å². The molecule has 5 N–H and O–H groups in total. The van der Waals surface area contributed by atoms with Gasteiger partial charge in [0.1, 0.15) is 18.0 Å². The molecule has 3 rings (SSSR count). The molecule has 0 unspecified atom stereocenters. The van der Waals surface area contributed by atoms with Crippen LogP contribution in [-0.2, 0) is 0 Å². The number of nitrogens with two attached hydrogens (primary N) is 1. The van der Waals surface area contributed by atoms with Crippen LogP contribution in [-0.4, -0.2) is 29.3 Å². The Morgan fingerprint density at radius 2 is 2.07 bits per heavy atom. The molecule has 1 heterocycles. The van der Waals surface area contributed by atoms with Crippen molar-refractivity contribution in [1.82, 2.24) is 10.3 Å². The van der Waals surface area contributed by atoms with E-state index < -0.39 is 17.3 Å². The van der Waals surface area contributed by atoms with Crippen LogP contribution in [0.5, 0.6) is 5.88 Å². The van der Waals surface area contributed by atoms with Crippen molar-refractivity contribution in [3.63, 3.8) is 0 Å². The van der Waals surface area contributed by atoms with Gasteiger partial charge in [0.15, 0.2) is 5.84 Å². The zero-order chi connectivity index (χ0) is 20.3. The Bertz CT molecular complexity index is 1070. The third kappa shape index (κ3) is 3.79. The highest BCUT2D eigenvalue weighted by Gasteiger charge is 2.19. The number of nitrogens with one attached hydrogen (secondary N) is 3. The van der Waals surface area contributed by atoms with Gasteiger partial charge in [-0.2, -0.15) is 0 Å². The van der Waals surface area contributed by atoms with Crippen molar-refractivity contribution >= 4 is 22.9 Å². The van der Waals surface area contributed by atoms with Gasteiger partial charge >= 0.3 is 0 Å². The predicted octanol–water partition coefficient (Wildman–Crippen LogP) is 1.11. The standard InChI is InChI=1S/C16H14F2N6O4/c17-14(18)7-2-1-3-8(6-7)22-15(20)11-16(24-28-23-11)27-5-4-21-10-9(19)12(25)13(10)26/h1-3,6,14,21H,4-5,19H2,(H2,20,22). The Hall–Kier alpha value is -3.83. The van der Waals surface area contributed by atoms with Crippen molar-refractivity contribution in [3.8, 4) is 5.88 Å². The van der Waals surface area contributed by atoms with Gasteiger partial charge in [-0.15, -0.1) is 0 Å². The summed E-state index contributed by atoms with van der Waals surface area (Å²) in [5.41, 5.74) is 3.84. The van der Waals surface area contributed by atoms with E-state index in [1.54, 1.807) is 0 Å². The number of hydrogen-bond acceptors (Lipinski definition) is 9. The van der Waals surface area contributed by atoms with E-state index in [4.69, 9.17) is 15.9 Å². The summed E-state index contributed by atoms with van der Waals surface area (Å²) in [4.78, 5) is 22.3. The number of nitrogens with zero attached hydrogens (tertiary/aromatic N) is 2. The second-order valence-corrected chi connectivity index (χ2v) is 5.57. The summed E-state index contributed by atoms with van der Waals surface area (Å²) >= 11 is 0. The lowest BCUT2D eigenvalue weighted by molar-refractivity contribution is 0.151. The summed E-state index contributed by atoms with van der Waals surface area (Å²) < 4.78 is 35.4. The summed E-state index contributed by atoms with van der Waals surface area (Å²) in [6.45, 7) is 0.117. The zero-order valence-electron chi connectivity index (χ0n) is 14.2. The van der Waals surface area contributed by atoms with Crippen LogP contribution in [0.2, 0.25) is 0 Å². The molecule has 28 heavy (non-hydrogen) atoms. The molecular weight excluding hydrogens is 378 g/mol. The molecule has 1 aromatic heterocycles. The minimum Gasteiger partial charge on any atom is -0.472 e. The molecule has 0 spiro atoms. The van der Waals surface area contributed by atoms with E-state index in [1.165, 1.54) is 24.3 Å². The van der Waals surface area contributed by atoms with E-state index in [9.17, 15) is 18.4 Å². The van der Waals surface area contributed by atoms with Gasteiger partial charge in [0.25, 0.3) is 23.2 Å². The third-order valence-electron chi connectivity index (χ3n) is 3.69. The number of halogens is 2. The quantitative estimate of drug-likeness (QED) is 0.191. The highest BCUT2D eigenvalue weighted by atomic mass is 19.3. The molecular formula is C16H14F2N6O4. The fraction of sp³-hybridized carbons (Fsp3) is 0.188. The lowest BCUT2D eigenvalue weighted by Crippen LogP contribution is -2.37. The van der Waals surface area contributed by atoms with Crippen LogP contribution in [0, 0.1) is 5.41 Å². The summed E-state index contributed by atoms with van der Waals surface area (Å²) in [6.07, 6.45) is -2.64. The van der Waals surface area contributed by atoms with Gasteiger partial charge in [-0.05, 0) is 22.4 Å². The number of ether oxygens (including phenoxy) is 1. The molecule has 10 nitrogen and oxygen atoms in total. The van der Waals surface area contributed by atoms with Crippen LogP contribution in [0.1, 0.15) is 17.7 Å². The number of anilines is 3. The van der Waals surface area contributed by atoms with Crippen LogP contribution in [0.25, 0.3) is 0 Å². The number of benzene rings is 1. The van der Waals surface area contributed by atoms with Crippen LogP contribution in [0.4, 0.5) is 25.8 Å². The second kappa shape index (κ2) is 7.82. The van der Waals surface area contributed by atoms with Gasteiger partial charge < -0.3 is 21.1 Å². The molecule has 3 aromatic rings. The molecule has 0 aliphatic carbocycles. The van der Waals surface area contributed by atoms with Crippen molar-refractivity contribution in [2.24, 2.45) is 0 Å². The summed E-state index contributed by atoms with van der Waals surface area (Å²) in [5, 5.41) is 20.3. The van der Waals surface area contributed by atoms with E-state index in [2.05, 4.69) is 25.6 Å². The molecule has 0 aliphatic heterocycles. The molecule has 146 valence electrons. The van der Waals surface area contributed by atoms with Crippen molar-refractivity contribution in [1.29, 1.82) is 5.41 Å². The predicted molar refractivity (Wildman–Crippen MR) is 95.9 cm³/mol. The van der Waals surface area contributed by atoms with Gasteiger partial charge in [0.05, 0.1) is 0 Å². The first kappa shape index (κ1) is 18.9. The van der Waals surface area contributed by atoms with E-state index in [0.717, 1.165) is 0 Å². The molecule has 0 amide bonds. The number of aromatic nitrogens is 2. The maximum absolute atomic E-state index is 12.8. The smallest absolute Gasteiger partial charge is 0.287 e. The minimum atomic E-state index is -2.64. The molecule has 0 bridgehead atoms.